The Hall–Kier alpha value is -1.10. The van der Waals surface area contributed by atoms with Crippen molar-refractivity contribution >= 4 is 11.9 Å². The number of nitrogens with zero attached hydrogens (tertiary/aromatic N) is 1. The molecule has 0 aromatic heterocycles. The summed E-state index contributed by atoms with van der Waals surface area (Å²) in [6.07, 6.45) is 1.51. The number of carbonyl (C=O) groups is 2. The molecule has 0 bridgehead atoms. The van der Waals surface area contributed by atoms with Crippen molar-refractivity contribution in [3.05, 3.63) is 0 Å². The summed E-state index contributed by atoms with van der Waals surface area (Å²) in [5.74, 6) is -1.38. The van der Waals surface area contributed by atoms with Gasteiger partial charge in [-0.3, -0.25) is 9.59 Å². The molecule has 1 heterocycles. The van der Waals surface area contributed by atoms with Crippen LogP contribution in [0.3, 0.4) is 0 Å². The lowest BCUT2D eigenvalue weighted by Crippen LogP contribution is -2.42. The smallest absolute Gasteiger partial charge is 0.308 e. The third-order valence-corrected chi connectivity index (χ3v) is 3.16. The molecule has 92 valence electrons. The van der Waals surface area contributed by atoms with Crippen LogP contribution in [-0.4, -0.2) is 41.0 Å². The predicted octanol–water partition coefficient (Wildman–Crippen LogP) is 0.293. The average Bonchev–Trinajstić information content (AvgIpc) is 2.59. The molecule has 3 atom stereocenters. The highest BCUT2D eigenvalue weighted by atomic mass is 16.4. The van der Waals surface area contributed by atoms with Crippen LogP contribution >= 0.6 is 0 Å². The molecule has 1 fully saturated rings. The number of nitrogens with two attached hydrogens (primary N) is 1. The second kappa shape index (κ2) is 5.30. The molecule has 3 N–H and O–H groups in total. The fraction of sp³-hybridized carbons (Fsp3) is 0.818. The van der Waals surface area contributed by atoms with Crippen LogP contribution in [0.4, 0.5) is 0 Å². The normalized spacial score (nSPS) is 26.8. The molecular formula is C11H20N2O3. The molecular weight excluding hydrogens is 208 g/mol. The first-order valence-corrected chi connectivity index (χ1v) is 5.74. The number of hydrogen-bond donors (Lipinski definition) is 2. The minimum Gasteiger partial charge on any atom is -0.481 e. The molecule has 0 spiro atoms. The van der Waals surface area contributed by atoms with Gasteiger partial charge >= 0.3 is 5.97 Å². The summed E-state index contributed by atoms with van der Waals surface area (Å²) >= 11 is 0. The third kappa shape index (κ3) is 2.72. The van der Waals surface area contributed by atoms with E-state index in [-0.39, 0.29) is 11.8 Å². The van der Waals surface area contributed by atoms with E-state index >= 15 is 0 Å². The molecule has 0 saturated carbocycles. The Morgan fingerprint density at radius 1 is 1.50 bits per heavy atom. The monoisotopic (exact) mass is 228 g/mol. The molecule has 1 aliphatic rings. The van der Waals surface area contributed by atoms with E-state index in [4.69, 9.17) is 10.8 Å². The molecule has 5 heteroatoms. The van der Waals surface area contributed by atoms with Crippen molar-refractivity contribution in [1.82, 2.24) is 4.90 Å². The molecule has 0 unspecified atom stereocenters. The van der Waals surface area contributed by atoms with E-state index in [9.17, 15) is 9.59 Å². The zero-order valence-electron chi connectivity index (χ0n) is 9.85. The Kier molecular flexibility index (Phi) is 4.29. The van der Waals surface area contributed by atoms with Crippen LogP contribution in [-0.2, 0) is 9.59 Å². The highest BCUT2D eigenvalue weighted by Crippen LogP contribution is 2.23. The number of hydrogen-bond acceptors (Lipinski definition) is 3. The van der Waals surface area contributed by atoms with Crippen molar-refractivity contribution in [3.8, 4) is 0 Å². The average molecular weight is 228 g/mol. The fourth-order valence-corrected chi connectivity index (χ4v) is 2.14. The van der Waals surface area contributed by atoms with Gasteiger partial charge < -0.3 is 15.7 Å². The summed E-state index contributed by atoms with van der Waals surface area (Å²) in [5, 5.41) is 8.96. The number of carbonyl (C=O) groups excluding carboxylic acids is 1. The van der Waals surface area contributed by atoms with Crippen LogP contribution < -0.4 is 5.73 Å². The molecule has 1 amide bonds. The quantitative estimate of drug-likeness (QED) is 0.724. The lowest BCUT2D eigenvalue weighted by atomic mass is 9.99. The summed E-state index contributed by atoms with van der Waals surface area (Å²) < 4.78 is 0. The topological polar surface area (TPSA) is 83.6 Å². The van der Waals surface area contributed by atoms with Crippen LogP contribution in [0.25, 0.3) is 0 Å². The molecule has 0 aliphatic carbocycles. The maximum atomic E-state index is 11.9. The van der Waals surface area contributed by atoms with Crippen molar-refractivity contribution in [2.75, 3.05) is 13.1 Å². The van der Waals surface area contributed by atoms with Gasteiger partial charge in [0.25, 0.3) is 0 Å². The van der Waals surface area contributed by atoms with Gasteiger partial charge in [-0.15, -0.1) is 0 Å². The van der Waals surface area contributed by atoms with E-state index in [0.717, 1.165) is 6.42 Å². The maximum absolute atomic E-state index is 11.9. The van der Waals surface area contributed by atoms with Gasteiger partial charge in [-0.1, -0.05) is 20.3 Å². The number of carboxylic acid groups (broad SMARTS) is 1. The molecule has 1 rings (SSSR count). The van der Waals surface area contributed by atoms with E-state index in [0.29, 0.717) is 19.5 Å². The summed E-state index contributed by atoms with van der Waals surface area (Å²) in [7, 11) is 0. The summed E-state index contributed by atoms with van der Waals surface area (Å²) in [6.45, 7) is 4.64. The van der Waals surface area contributed by atoms with Crippen LogP contribution in [0.1, 0.15) is 26.7 Å². The second-order valence-electron chi connectivity index (χ2n) is 4.56. The minimum atomic E-state index is -0.827. The molecule has 0 aromatic rings. The van der Waals surface area contributed by atoms with Crippen molar-refractivity contribution in [2.24, 2.45) is 17.6 Å². The Balaban J connectivity index is 2.58. The van der Waals surface area contributed by atoms with Gasteiger partial charge in [-0.05, 0) is 12.3 Å². The standard InChI is InChI=1S/C11H20N2O3/c1-3-4-9(12)10(14)13-5-7(2)8(6-13)11(15)16/h7-9H,3-6,12H2,1-2H3,(H,15,16)/t7-,8-,9+/m1/s1. The Labute approximate surface area is 95.6 Å². The van der Waals surface area contributed by atoms with Gasteiger partial charge in [-0.25, -0.2) is 0 Å². The lowest BCUT2D eigenvalue weighted by molar-refractivity contribution is -0.142. The summed E-state index contributed by atoms with van der Waals surface area (Å²) in [5.41, 5.74) is 5.74. The zero-order chi connectivity index (χ0) is 12.3. The Bertz CT molecular complexity index is 280. The van der Waals surface area contributed by atoms with E-state index in [1.807, 2.05) is 13.8 Å². The highest BCUT2D eigenvalue weighted by Gasteiger charge is 2.37. The van der Waals surface area contributed by atoms with Gasteiger partial charge in [0, 0.05) is 13.1 Å². The molecule has 1 saturated heterocycles. The molecule has 0 radical (unpaired) electrons. The van der Waals surface area contributed by atoms with Crippen LogP contribution in [0.2, 0.25) is 0 Å². The third-order valence-electron chi connectivity index (χ3n) is 3.16. The van der Waals surface area contributed by atoms with Crippen LogP contribution in [0.15, 0.2) is 0 Å². The molecule has 1 aliphatic heterocycles. The van der Waals surface area contributed by atoms with E-state index in [1.165, 1.54) is 0 Å². The van der Waals surface area contributed by atoms with Crippen molar-refractivity contribution in [2.45, 2.75) is 32.7 Å². The summed E-state index contributed by atoms with van der Waals surface area (Å²) in [6, 6.07) is -0.482. The van der Waals surface area contributed by atoms with Gasteiger partial charge in [0.1, 0.15) is 0 Å². The zero-order valence-corrected chi connectivity index (χ0v) is 9.85. The SMILES string of the molecule is CCC[C@H](N)C(=O)N1C[C@@H](C)[C@H](C(=O)O)C1. The largest absolute Gasteiger partial charge is 0.481 e. The summed E-state index contributed by atoms with van der Waals surface area (Å²) in [4.78, 5) is 24.4. The van der Waals surface area contributed by atoms with Gasteiger partial charge in [-0.2, -0.15) is 0 Å². The van der Waals surface area contributed by atoms with Crippen molar-refractivity contribution in [1.29, 1.82) is 0 Å². The predicted molar refractivity (Wildman–Crippen MR) is 59.8 cm³/mol. The number of carboxylic acids is 1. The van der Waals surface area contributed by atoms with E-state index < -0.39 is 17.9 Å². The number of rotatable bonds is 4. The van der Waals surface area contributed by atoms with Gasteiger partial charge in [0.05, 0.1) is 12.0 Å². The van der Waals surface area contributed by atoms with Crippen molar-refractivity contribution < 1.29 is 14.7 Å². The first-order valence-electron chi connectivity index (χ1n) is 5.74. The maximum Gasteiger partial charge on any atom is 0.308 e. The second-order valence-corrected chi connectivity index (χ2v) is 4.56. The van der Waals surface area contributed by atoms with Gasteiger partial charge in [0.15, 0.2) is 0 Å². The lowest BCUT2D eigenvalue weighted by Gasteiger charge is -2.20. The fourth-order valence-electron chi connectivity index (χ4n) is 2.14. The van der Waals surface area contributed by atoms with Gasteiger partial charge in [0.2, 0.25) is 5.91 Å². The first-order chi connectivity index (χ1) is 7.47. The van der Waals surface area contributed by atoms with Crippen LogP contribution in [0, 0.1) is 11.8 Å². The number of aliphatic carboxylic acids is 1. The van der Waals surface area contributed by atoms with E-state index in [1.54, 1.807) is 4.90 Å². The Morgan fingerprint density at radius 3 is 2.56 bits per heavy atom. The van der Waals surface area contributed by atoms with E-state index in [2.05, 4.69) is 0 Å². The molecule has 16 heavy (non-hydrogen) atoms. The Morgan fingerprint density at radius 2 is 2.12 bits per heavy atom. The molecule has 0 aromatic carbocycles. The minimum absolute atomic E-state index is 0.00952. The molecule has 5 nitrogen and oxygen atoms in total. The number of amides is 1. The highest BCUT2D eigenvalue weighted by molar-refractivity contribution is 5.83. The number of likely N-dealkylation sites (tertiary alicyclic amines) is 1. The van der Waals surface area contributed by atoms with Crippen LogP contribution in [0.5, 0.6) is 0 Å². The first kappa shape index (κ1) is 13.0. The van der Waals surface area contributed by atoms with Crippen molar-refractivity contribution in [3.63, 3.8) is 0 Å².